The van der Waals surface area contributed by atoms with E-state index in [1.165, 1.54) is 0 Å². The Bertz CT molecular complexity index is 677. The third-order valence-electron chi connectivity index (χ3n) is 3.26. The first-order valence-corrected chi connectivity index (χ1v) is 9.09. The molecule has 2 heterocycles. The van der Waals surface area contributed by atoms with Crippen LogP contribution in [0.4, 0.5) is 0 Å². The predicted octanol–water partition coefficient (Wildman–Crippen LogP) is 5.01. The van der Waals surface area contributed by atoms with Gasteiger partial charge < -0.3 is 14.8 Å². The molecule has 1 aromatic carbocycles. The van der Waals surface area contributed by atoms with Crippen molar-refractivity contribution in [3.8, 4) is 11.5 Å². The van der Waals surface area contributed by atoms with Gasteiger partial charge in [0.2, 0.25) is 0 Å². The van der Waals surface area contributed by atoms with Gasteiger partial charge in [0.25, 0.3) is 0 Å². The highest BCUT2D eigenvalue weighted by atomic mass is 79.9. The van der Waals surface area contributed by atoms with Crippen LogP contribution in [0.3, 0.4) is 0 Å². The Morgan fingerprint density at radius 2 is 1.81 bits per heavy atom. The molecular weight excluding hydrogens is 441 g/mol. The molecule has 21 heavy (non-hydrogen) atoms. The van der Waals surface area contributed by atoms with Crippen LogP contribution in [0.1, 0.15) is 17.2 Å². The number of fused-ring (bicyclic) bond motifs is 1. The second kappa shape index (κ2) is 6.46. The van der Waals surface area contributed by atoms with E-state index in [9.17, 15) is 0 Å². The molecule has 1 aliphatic rings. The van der Waals surface area contributed by atoms with E-state index < -0.39 is 0 Å². The number of thiophene rings is 1. The smallest absolute Gasteiger partial charge is 0.162 e. The van der Waals surface area contributed by atoms with Gasteiger partial charge in [-0.2, -0.15) is 0 Å². The first kappa shape index (κ1) is 15.6. The van der Waals surface area contributed by atoms with Crippen molar-refractivity contribution in [2.45, 2.75) is 6.04 Å². The van der Waals surface area contributed by atoms with Crippen molar-refractivity contribution < 1.29 is 9.47 Å². The number of hydrogen-bond donors (Lipinski definition) is 1. The number of hydrogen-bond acceptors (Lipinski definition) is 4. The number of rotatable bonds is 3. The molecule has 1 aliphatic heterocycles. The SMILES string of the molecule is CNC(c1cc2c(cc1Cl)OCCO2)c1cc(Br)sc1Br. The zero-order chi connectivity index (χ0) is 15.0. The highest BCUT2D eigenvalue weighted by Gasteiger charge is 2.23. The van der Waals surface area contributed by atoms with Gasteiger partial charge in [0.05, 0.1) is 13.6 Å². The zero-order valence-corrected chi connectivity index (χ0v) is 15.8. The molecule has 0 saturated heterocycles. The number of nitrogens with one attached hydrogen (secondary N) is 1. The molecule has 3 nitrogen and oxygen atoms in total. The van der Waals surface area contributed by atoms with Crippen LogP contribution < -0.4 is 14.8 Å². The molecule has 7 heteroatoms. The fourth-order valence-electron chi connectivity index (χ4n) is 2.33. The van der Waals surface area contributed by atoms with Crippen LogP contribution in [-0.4, -0.2) is 20.3 Å². The van der Waals surface area contributed by atoms with E-state index in [0.29, 0.717) is 24.0 Å². The van der Waals surface area contributed by atoms with Gasteiger partial charge in [-0.1, -0.05) is 11.6 Å². The first-order chi connectivity index (χ1) is 10.1. The van der Waals surface area contributed by atoms with Gasteiger partial charge in [0, 0.05) is 11.1 Å². The van der Waals surface area contributed by atoms with Crippen LogP contribution in [0.2, 0.25) is 5.02 Å². The average molecular weight is 454 g/mol. The minimum Gasteiger partial charge on any atom is -0.486 e. The Labute approximate surface area is 148 Å². The lowest BCUT2D eigenvalue weighted by atomic mass is 10.0. The minimum absolute atomic E-state index is 0.0229. The molecule has 2 aromatic rings. The van der Waals surface area contributed by atoms with E-state index in [1.54, 1.807) is 11.3 Å². The van der Waals surface area contributed by atoms with Gasteiger partial charge in [0.1, 0.15) is 13.2 Å². The molecule has 0 saturated carbocycles. The summed E-state index contributed by atoms with van der Waals surface area (Å²) in [6, 6.07) is 5.84. The van der Waals surface area contributed by atoms with Gasteiger partial charge in [0.15, 0.2) is 11.5 Å². The maximum atomic E-state index is 6.44. The maximum Gasteiger partial charge on any atom is 0.162 e. The lowest BCUT2D eigenvalue weighted by Crippen LogP contribution is -2.20. The summed E-state index contributed by atoms with van der Waals surface area (Å²) < 4.78 is 13.4. The lowest BCUT2D eigenvalue weighted by molar-refractivity contribution is 0.171. The molecule has 3 rings (SSSR count). The molecule has 0 aliphatic carbocycles. The van der Waals surface area contributed by atoms with Crippen molar-refractivity contribution in [2.24, 2.45) is 0 Å². The Morgan fingerprint density at radius 1 is 1.14 bits per heavy atom. The van der Waals surface area contributed by atoms with Crippen LogP contribution in [0, 0.1) is 0 Å². The van der Waals surface area contributed by atoms with E-state index >= 15 is 0 Å². The monoisotopic (exact) mass is 451 g/mol. The van der Waals surface area contributed by atoms with Crippen molar-refractivity contribution in [3.63, 3.8) is 0 Å². The first-order valence-electron chi connectivity index (χ1n) is 6.31. The molecule has 0 amide bonds. The highest BCUT2D eigenvalue weighted by molar-refractivity contribution is 9.12. The standard InChI is InChI=1S/C14H12Br2ClNO2S/c1-18-13(8-5-12(15)21-14(8)16)7-4-10-11(6-9(7)17)20-3-2-19-10/h4-6,13,18H,2-3H2,1H3. The highest BCUT2D eigenvalue weighted by Crippen LogP contribution is 2.43. The van der Waals surface area contributed by atoms with Crippen LogP contribution in [0.15, 0.2) is 25.8 Å². The summed E-state index contributed by atoms with van der Waals surface area (Å²) in [5.41, 5.74) is 2.10. The van der Waals surface area contributed by atoms with Crippen molar-refractivity contribution in [1.82, 2.24) is 5.32 Å². The Balaban J connectivity index is 2.06. The van der Waals surface area contributed by atoms with Gasteiger partial charge in [-0.3, -0.25) is 0 Å². The second-order valence-electron chi connectivity index (χ2n) is 4.52. The molecule has 0 radical (unpaired) electrons. The van der Waals surface area contributed by atoms with Gasteiger partial charge in [-0.25, -0.2) is 0 Å². The predicted molar refractivity (Wildman–Crippen MR) is 93.1 cm³/mol. The molecule has 1 atom stereocenters. The van der Waals surface area contributed by atoms with Crippen LogP contribution in [0.5, 0.6) is 11.5 Å². The Hall–Kier alpha value is -0.270. The maximum absolute atomic E-state index is 6.44. The summed E-state index contributed by atoms with van der Waals surface area (Å²) in [6.07, 6.45) is 0. The molecule has 1 N–H and O–H groups in total. The van der Waals surface area contributed by atoms with E-state index in [2.05, 4.69) is 43.2 Å². The fraction of sp³-hybridized carbons (Fsp3) is 0.286. The quantitative estimate of drug-likeness (QED) is 0.709. The Kier molecular flexibility index (Phi) is 4.81. The van der Waals surface area contributed by atoms with Crippen LogP contribution in [-0.2, 0) is 0 Å². The zero-order valence-electron chi connectivity index (χ0n) is 11.1. The van der Waals surface area contributed by atoms with E-state index in [4.69, 9.17) is 21.1 Å². The molecule has 0 bridgehead atoms. The molecular formula is C14H12Br2ClNO2S. The van der Waals surface area contributed by atoms with E-state index in [-0.39, 0.29) is 6.04 Å². The van der Waals surface area contributed by atoms with Crippen molar-refractivity contribution in [2.75, 3.05) is 20.3 Å². The average Bonchev–Trinajstić information content (AvgIpc) is 2.79. The van der Waals surface area contributed by atoms with Crippen molar-refractivity contribution in [1.29, 1.82) is 0 Å². The number of ether oxygens (including phenoxy) is 2. The second-order valence-corrected chi connectivity index (χ2v) is 8.68. The summed E-state index contributed by atoms with van der Waals surface area (Å²) in [5.74, 6) is 1.45. The topological polar surface area (TPSA) is 30.5 Å². The Morgan fingerprint density at radius 3 is 2.38 bits per heavy atom. The van der Waals surface area contributed by atoms with E-state index in [0.717, 1.165) is 24.4 Å². The third kappa shape index (κ3) is 3.10. The lowest BCUT2D eigenvalue weighted by Gasteiger charge is -2.23. The summed E-state index contributed by atoms with van der Waals surface area (Å²) in [4.78, 5) is 0. The fourth-order valence-corrected chi connectivity index (χ4v) is 5.49. The van der Waals surface area contributed by atoms with Crippen molar-refractivity contribution >= 4 is 54.8 Å². The summed E-state index contributed by atoms with van der Waals surface area (Å²) in [5, 5.41) is 3.97. The van der Waals surface area contributed by atoms with Gasteiger partial charge in [-0.05, 0) is 62.2 Å². The molecule has 1 unspecified atom stereocenters. The molecule has 0 fully saturated rings. The third-order valence-corrected chi connectivity index (χ3v) is 5.97. The van der Waals surface area contributed by atoms with E-state index in [1.807, 2.05) is 19.2 Å². The summed E-state index contributed by atoms with van der Waals surface area (Å²) >= 11 is 15.2. The number of benzene rings is 1. The normalized spacial score (nSPS) is 15.0. The summed E-state index contributed by atoms with van der Waals surface area (Å²) in [7, 11) is 1.91. The number of halogens is 3. The van der Waals surface area contributed by atoms with Gasteiger partial charge in [-0.15, -0.1) is 11.3 Å². The molecule has 0 spiro atoms. The van der Waals surface area contributed by atoms with Crippen LogP contribution >= 0.6 is 54.8 Å². The largest absolute Gasteiger partial charge is 0.486 e. The van der Waals surface area contributed by atoms with Crippen molar-refractivity contribution in [3.05, 3.63) is 41.9 Å². The minimum atomic E-state index is -0.0229. The molecule has 112 valence electrons. The summed E-state index contributed by atoms with van der Waals surface area (Å²) in [6.45, 7) is 1.12. The van der Waals surface area contributed by atoms with Gasteiger partial charge >= 0.3 is 0 Å². The van der Waals surface area contributed by atoms with Crippen LogP contribution in [0.25, 0.3) is 0 Å². The molecule has 1 aromatic heterocycles.